The molecule has 3 N–H and O–H groups in total. The highest BCUT2D eigenvalue weighted by Gasteiger charge is 2.33. The summed E-state index contributed by atoms with van der Waals surface area (Å²) in [6.07, 6.45) is 1.14. The number of hydrogen-bond acceptors (Lipinski definition) is 2. The van der Waals surface area contributed by atoms with Crippen molar-refractivity contribution in [3.8, 4) is 0 Å². The van der Waals surface area contributed by atoms with Crippen molar-refractivity contribution in [2.45, 2.75) is 38.3 Å². The Labute approximate surface area is 109 Å². The minimum absolute atomic E-state index is 0.191. The molecule has 2 rings (SSSR count). The van der Waals surface area contributed by atoms with Crippen molar-refractivity contribution in [2.75, 3.05) is 6.54 Å². The second kappa shape index (κ2) is 5.38. The molecule has 0 aliphatic carbocycles. The molecule has 0 aromatic heterocycles. The van der Waals surface area contributed by atoms with Crippen LogP contribution in [0.2, 0.25) is 5.02 Å². The number of rotatable bonds is 3. The zero-order valence-electron chi connectivity index (χ0n) is 10.5. The predicted molar refractivity (Wildman–Crippen MR) is 73.4 cm³/mol. The molecule has 1 saturated heterocycles. The summed E-state index contributed by atoms with van der Waals surface area (Å²) in [5.41, 5.74) is 7.60. The van der Waals surface area contributed by atoms with Gasteiger partial charge < -0.3 is 11.1 Å². The molecule has 3 heteroatoms. The first-order valence-electron chi connectivity index (χ1n) is 6.32. The van der Waals surface area contributed by atoms with E-state index < -0.39 is 0 Å². The first kappa shape index (κ1) is 12.9. The summed E-state index contributed by atoms with van der Waals surface area (Å²) in [6.45, 7) is 5.43. The molecule has 94 valence electrons. The molecule has 17 heavy (non-hydrogen) atoms. The molecule has 1 aromatic rings. The van der Waals surface area contributed by atoms with Crippen LogP contribution in [0.15, 0.2) is 24.3 Å². The summed E-state index contributed by atoms with van der Waals surface area (Å²) in [4.78, 5) is 0. The molecule has 3 unspecified atom stereocenters. The summed E-state index contributed by atoms with van der Waals surface area (Å²) in [6, 6.07) is 8.68. The molecule has 0 spiro atoms. The van der Waals surface area contributed by atoms with Gasteiger partial charge in [0.25, 0.3) is 0 Å². The molecule has 1 heterocycles. The minimum Gasteiger partial charge on any atom is -0.326 e. The number of halogens is 1. The van der Waals surface area contributed by atoms with Crippen molar-refractivity contribution < 1.29 is 0 Å². The number of nitrogens with one attached hydrogen (secondary N) is 1. The molecule has 0 bridgehead atoms. The van der Waals surface area contributed by atoms with Crippen LogP contribution in [-0.4, -0.2) is 18.6 Å². The van der Waals surface area contributed by atoms with Gasteiger partial charge in [-0.05, 0) is 30.0 Å². The largest absolute Gasteiger partial charge is 0.326 e. The minimum atomic E-state index is 0.191. The van der Waals surface area contributed by atoms with Crippen LogP contribution < -0.4 is 11.1 Å². The molecule has 1 fully saturated rings. The van der Waals surface area contributed by atoms with E-state index in [1.165, 1.54) is 5.56 Å². The lowest BCUT2D eigenvalue weighted by atomic mass is 9.89. The molecular weight excluding hydrogens is 232 g/mol. The van der Waals surface area contributed by atoms with Crippen molar-refractivity contribution >= 4 is 11.6 Å². The first-order chi connectivity index (χ1) is 8.08. The maximum absolute atomic E-state index is 6.35. The van der Waals surface area contributed by atoms with Gasteiger partial charge in [0.05, 0.1) is 0 Å². The Morgan fingerprint density at radius 2 is 2.24 bits per heavy atom. The molecule has 0 saturated carbocycles. The van der Waals surface area contributed by atoms with E-state index >= 15 is 0 Å². The standard InChI is InChI=1S/C14H21ClN2/c1-9(2)6-13-14(16)12(8-17-13)10-4-3-5-11(15)7-10/h3-5,7,9,12-14,17H,6,8,16H2,1-2H3. The van der Waals surface area contributed by atoms with Crippen LogP contribution in [0, 0.1) is 5.92 Å². The Hall–Kier alpha value is -0.570. The van der Waals surface area contributed by atoms with Gasteiger partial charge in [0.15, 0.2) is 0 Å². The molecule has 0 radical (unpaired) electrons. The Bertz CT molecular complexity index is 378. The van der Waals surface area contributed by atoms with Crippen LogP contribution >= 0.6 is 11.6 Å². The highest BCUT2D eigenvalue weighted by atomic mass is 35.5. The Kier molecular flexibility index (Phi) is 4.08. The summed E-state index contributed by atoms with van der Waals surface area (Å²) in [7, 11) is 0. The molecule has 1 aliphatic rings. The Morgan fingerprint density at radius 3 is 2.88 bits per heavy atom. The number of benzene rings is 1. The van der Waals surface area contributed by atoms with E-state index in [0.717, 1.165) is 18.0 Å². The number of nitrogens with two attached hydrogens (primary N) is 1. The van der Waals surface area contributed by atoms with Gasteiger partial charge in [-0.1, -0.05) is 37.6 Å². The van der Waals surface area contributed by atoms with Crippen LogP contribution in [-0.2, 0) is 0 Å². The topological polar surface area (TPSA) is 38.0 Å². The van der Waals surface area contributed by atoms with Crippen molar-refractivity contribution in [3.63, 3.8) is 0 Å². The summed E-state index contributed by atoms with van der Waals surface area (Å²) >= 11 is 6.03. The van der Waals surface area contributed by atoms with Gasteiger partial charge in [-0.3, -0.25) is 0 Å². The van der Waals surface area contributed by atoms with E-state index in [9.17, 15) is 0 Å². The van der Waals surface area contributed by atoms with Crippen LogP contribution in [0.5, 0.6) is 0 Å². The third-order valence-corrected chi connectivity index (χ3v) is 3.77. The Balaban J connectivity index is 2.09. The van der Waals surface area contributed by atoms with E-state index in [0.29, 0.717) is 17.9 Å². The zero-order chi connectivity index (χ0) is 12.4. The lowest BCUT2D eigenvalue weighted by Crippen LogP contribution is -2.39. The lowest BCUT2D eigenvalue weighted by molar-refractivity contribution is 0.425. The van der Waals surface area contributed by atoms with Crippen LogP contribution in [0.4, 0.5) is 0 Å². The van der Waals surface area contributed by atoms with Gasteiger partial charge in [0.1, 0.15) is 0 Å². The zero-order valence-corrected chi connectivity index (χ0v) is 11.2. The van der Waals surface area contributed by atoms with Crippen LogP contribution in [0.25, 0.3) is 0 Å². The van der Waals surface area contributed by atoms with Crippen molar-refractivity contribution in [2.24, 2.45) is 11.7 Å². The fourth-order valence-electron chi connectivity index (χ4n) is 2.66. The number of hydrogen-bond donors (Lipinski definition) is 2. The lowest BCUT2D eigenvalue weighted by Gasteiger charge is -2.21. The van der Waals surface area contributed by atoms with Gasteiger partial charge >= 0.3 is 0 Å². The first-order valence-corrected chi connectivity index (χ1v) is 6.70. The third-order valence-electron chi connectivity index (χ3n) is 3.53. The van der Waals surface area contributed by atoms with Crippen LogP contribution in [0.1, 0.15) is 31.7 Å². The summed E-state index contributed by atoms with van der Waals surface area (Å²) in [5, 5.41) is 4.33. The van der Waals surface area contributed by atoms with Gasteiger partial charge in [-0.2, -0.15) is 0 Å². The Morgan fingerprint density at radius 1 is 1.47 bits per heavy atom. The molecule has 0 amide bonds. The fourth-order valence-corrected chi connectivity index (χ4v) is 2.86. The highest BCUT2D eigenvalue weighted by molar-refractivity contribution is 6.30. The van der Waals surface area contributed by atoms with Crippen molar-refractivity contribution in [1.82, 2.24) is 5.32 Å². The van der Waals surface area contributed by atoms with E-state index in [2.05, 4.69) is 25.2 Å². The average Bonchev–Trinajstić information content (AvgIpc) is 2.60. The van der Waals surface area contributed by atoms with E-state index in [-0.39, 0.29) is 6.04 Å². The van der Waals surface area contributed by atoms with E-state index in [1.807, 2.05) is 18.2 Å². The van der Waals surface area contributed by atoms with Gasteiger partial charge in [-0.15, -0.1) is 0 Å². The van der Waals surface area contributed by atoms with Crippen LogP contribution in [0.3, 0.4) is 0 Å². The highest BCUT2D eigenvalue weighted by Crippen LogP contribution is 2.28. The second-order valence-corrected chi connectivity index (χ2v) is 5.82. The smallest absolute Gasteiger partial charge is 0.0408 e. The second-order valence-electron chi connectivity index (χ2n) is 5.38. The van der Waals surface area contributed by atoms with Crippen molar-refractivity contribution in [3.05, 3.63) is 34.9 Å². The summed E-state index contributed by atoms with van der Waals surface area (Å²) in [5.74, 6) is 1.06. The quantitative estimate of drug-likeness (QED) is 0.868. The molecular formula is C14H21ClN2. The third kappa shape index (κ3) is 3.01. The van der Waals surface area contributed by atoms with Gasteiger partial charge in [0.2, 0.25) is 0 Å². The van der Waals surface area contributed by atoms with Crippen molar-refractivity contribution in [1.29, 1.82) is 0 Å². The predicted octanol–water partition coefficient (Wildman–Crippen LogP) is 2.77. The SMILES string of the molecule is CC(C)CC1NCC(c2cccc(Cl)c2)C1N. The van der Waals surface area contributed by atoms with E-state index in [4.69, 9.17) is 17.3 Å². The maximum Gasteiger partial charge on any atom is 0.0408 e. The normalized spacial score (nSPS) is 28.9. The maximum atomic E-state index is 6.35. The monoisotopic (exact) mass is 252 g/mol. The average molecular weight is 253 g/mol. The molecule has 1 aliphatic heterocycles. The molecule has 1 aromatic carbocycles. The molecule has 2 nitrogen and oxygen atoms in total. The fraction of sp³-hybridized carbons (Fsp3) is 0.571. The van der Waals surface area contributed by atoms with Gasteiger partial charge in [-0.25, -0.2) is 0 Å². The molecule has 3 atom stereocenters. The summed E-state index contributed by atoms with van der Waals surface area (Å²) < 4.78 is 0. The van der Waals surface area contributed by atoms with Gasteiger partial charge in [0, 0.05) is 29.6 Å². The van der Waals surface area contributed by atoms with E-state index in [1.54, 1.807) is 0 Å².